The number of halogens is 1. The topological polar surface area (TPSA) is 69.6 Å². The number of benzene rings is 1. The Labute approximate surface area is 81.6 Å². The number of hydrogen-bond acceptors (Lipinski definition) is 3. The molecule has 0 spiro atoms. The van der Waals surface area contributed by atoms with E-state index in [4.69, 9.17) is 10.3 Å². The molecule has 0 aliphatic heterocycles. The number of aromatic carboxylic acids is 1. The van der Waals surface area contributed by atoms with Crippen LogP contribution in [0.3, 0.4) is 0 Å². The molecular weight excluding hydrogens is 194 g/mol. The van der Waals surface area contributed by atoms with Crippen molar-refractivity contribution in [1.29, 1.82) is 0 Å². The highest BCUT2D eigenvalue weighted by Gasteiger charge is 2.07. The first kappa shape index (κ1) is 11.9. The number of rotatable bonds is 3. The van der Waals surface area contributed by atoms with Crippen molar-refractivity contribution in [3.63, 3.8) is 0 Å². The average molecular weight is 204 g/mol. The van der Waals surface area contributed by atoms with E-state index >= 15 is 0 Å². The van der Waals surface area contributed by atoms with Gasteiger partial charge in [-0.25, -0.2) is 10.3 Å². The highest BCUT2D eigenvalue weighted by atomic mass is 35.5. The largest absolute Gasteiger partial charge is 0.478 e. The molecule has 72 valence electrons. The number of carbonyl (C=O) groups is 1. The van der Waals surface area contributed by atoms with E-state index in [0.29, 0.717) is 5.56 Å². The standard InChI is InChI=1S/C8H9NO3.ClH/c10-8(11)7-4-2-1-3-6(7)5-9-12;/h1-4,9,12H,5H2,(H,10,11);1H. The van der Waals surface area contributed by atoms with Crippen molar-refractivity contribution < 1.29 is 15.1 Å². The zero-order chi connectivity index (χ0) is 8.97. The van der Waals surface area contributed by atoms with E-state index in [1.54, 1.807) is 18.2 Å². The second-order valence-corrected chi connectivity index (χ2v) is 2.30. The molecule has 1 rings (SSSR count). The van der Waals surface area contributed by atoms with Gasteiger partial charge >= 0.3 is 5.97 Å². The molecule has 4 nitrogen and oxygen atoms in total. The molecule has 0 aliphatic carbocycles. The van der Waals surface area contributed by atoms with Gasteiger partial charge in [-0.3, -0.25) is 0 Å². The maximum absolute atomic E-state index is 10.6. The Balaban J connectivity index is 0.00000144. The fourth-order valence-corrected chi connectivity index (χ4v) is 0.968. The first-order valence-corrected chi connectivity index (χ1v) is 3.44. The molecule has 0 saturated carbocycles. The van der Waals surface area contributed by atoms with E-state index in [1.807, 2.05) is 5.48 Å². The van der Waals surface area contributed by atoms with Crippen LogP contribution in [0.2, 0.25) is 0 Å². The van der Waals surface area contributed by atoms with Gasteiger partial charge in [-0.1, -0.05) is 18.2 Å². The van der Waals surface area contributed by atoms with E-state index < -0.39 is 5.97 Å². The maximum Gasteiger partial charge on any atom is 0.336 e. The first-order chi connectivity index (χ1) is 5.75. The molecule has 0 unspecified atom stereocenters. The maximum atomic E-state index is 10.6. The van der Waals surface area contributed by atoms with Gasteiger partial charge in [0.15, 0.2) is 0 Å². The van der Waals surface area contributed by atoms with Crippen LogP contribution in [-0.4, -0.2) is 16.3 Å². The number of nitrogens with one attached hydrogen (secondary N) is 1. The Bertz CT molecular complexity index is 290. The van der Waals surface area contributed by atoms with Crippen molar-refractivity contribution >= 4 is 18.4 Å². The Hall–Kier alpha value is -1.10. The lowest BCUT2D eigenvalue weighted by Crippen LogP contribution is -2.10. The van der Waals surface area contributed by atoms with Crippen LogP contribution >= 0.6 is 12.4 Å². The van der Waals surface area contributed by atoms with Crippen molar-refractivity contribution in [2.45, 2.75) is 6.54 Å². The molecule has 0 radical (unpaired) electrons. The van der Waals surface area contributed by atoms with Gasteiger partial charge in [0.1, 0.15) is 0 Å². The predicted octanol–water partition coefficient (Wildman–Crippen LogP) is 1.29. The van der Waals surface area contributed by atoms with Gasteiger partial charge in [0.2, 0.25) is 0 Å². The molecule has 0 atom stereocenters. The molecule has 3 N–H and O–H groups in total. The minimum absolute atomic E-state index is 0. The number of hydrogen-bond donors (Lipinski definition) is 3. The SMILES string of the molecule is Cl.O=C(O)c1ccccc1CNO. The molecular formula is C8H10ClNO3. The van der Waals surface area contributed by atoms with E-state index in [-0.39, 0.29) is 24.5 Å². The Morgan fingerprint density at radius 3 is 2.54 bits per heavy atom. The molecule has 0 saturated heterocycles. The summed E-state index contributed by atoms with van der Waals surface area (Å²) < 4.78 is 0. The summed E-state index contributed by atoms with van der Waals surface area (Å²) in [6.07, 6.45) is 0. The van der Waals surface area contributed by atoms with Crippen molar-refractivity contribution in [2.75, 3.05) is 0 Å². The second kappa shape index (κ2) is 5.53. The number of hydroxylamine groups is 1. The third-order valence-electron chi connectivity index (χ3n) is 1.52. The summed E-state index contributed by atoms with van der Waals surface area (Å²) in [5.74, 6) is -0.985. The van der Waals surface area contributed by atoms with Gasteiger partial charge in [-0.2, -0.15) is 0 Å². The molecule has 0 aliphatic rings. The van der Waals surface area contributed by atoms with Crippen molar-refractivity contribution in [3.8, 4) is 0 Å². The number of carboxylic acids is 1. The predicted molar refractivity (Wildman–Crippen MR) is 49.3 cm³/mol. The minimum atomic E-state index is -0.985. The van der Waals surface area contributed by atoms with Crippen molar-refractivity contribution in [2.24, 2.45) is 0 Å². The lowest BCUT2D eigenvalue weighted by Gasteiger charge is -2.02. The van der Waals surface area contributed by atoms with Crippen LogP contribution in [0.5, 0.6) is 0 Å². The van der Waals surface area contributed by atoms with Gasteiger partial charge in [-0.05, 0) is 11.6 Å². The molecule has 0 bridgehead atoms. The highest BCUT2D eigenvalue weighted by molar-refractivity contribution is 5.89. The summed E-state index contributed by atoms with van der Waals surface area (Å²) in [5.41, 5.74) is 2.69. The minimum Gasteiger partial charge on any atom is -0.478 e. The summed E-state index contributed by atoms with van der Waals surface area (Å²) in [6, 6.07) is 6.51. The lowest BCUT2D eigenvalue weighted by molar-refractivity contribution is 0.0694. The Kier molecular flexibility index (Phi) is 5.06. The molecule has 1 aromatic carbocycles. The molecule has 0 amide bonds. The third-order valence-corrected chi connectivity index (χ3v) is 1.52. The summed E-state index contributed by atoms with van der Waals surface area (Å²) >= 11 is 0. The van der Waals surface area contributed by atoms with Crippen LogP contribution in [0.15, 0.2) is 24.3 Å². The quantitative estimate of drug-likeness (QED) is 0.648. The summed E-state index contributed by atoms with van der Waals surface area (Å²) in [6.45, 7) is 0.141. The van der Waals surface area contributed by atoms with Crippen LogP contribution in [0.4, 0.5) is 0 Å². The van der Waals surface area contributed by atoms with Crippen LogP contribution in [-0.2, 0) is 6.54 Å². The fraction of sp³-hybridized carbons (Fsp3) is 0.125. The van der Waals surface area contributed by atoms with E-state index in [9.17, 15) is 4.79 Å². The molecule has 0 fully saturated rings. The molecule has 0 heterocycles. The fourth-order valence-electron chi connectivity index (χ4n) is 0.968. The van der Waals surface area contributed by atoms with Crippen molar-refractivity contribution in [3.05, 3.63) is 35.4 Å². The summed E-state index contributed by atoms with van der Waals surface area (Å²) in [5, 5.41) is 17.1. The molecule has 1 aromatic rings. The zero-order valence-corrected chi connectivity index (χ0v) is 7.54. The molecule has 13 heavy (non-hydrogen) atoms. The van der Waals surface area contributed by atoms with Crippen LogP contribution < -0.4 is 5.48 Å². The smallest absolute Gasteiger partial charge is 0.336 e. The van der Waals surface area contributed by atoms with Gasteiger partial charge in [0, 0.05) is 6.54 Å². The van der Waals surface area contributed by atoms with Crippen LogP contribution in [0.1, 0.15) is 15.9 Å². The third kappa shape index (κ3) is 3.02. The Morgan fingerprint density at radius 2 is 2.00 bits per heavy atom. The van der Waals surface area contributed by atoms with Crippen LogP contribution in [0.25, 0.3) is 0 Å². The normalized spacial score (nSPS) is 9.00. The van der Waals surface area contributed by atoms with E-state index in [1.165, 1.54) is 6.07 Å². The summed E-state index contributed by atoms with van der Waals surface area (Å²) in [4.78, 5) is 10.6. The lowest BCUT2D eigenvalue weighted by atomic mass is 10.1. The zero-order valence-electron chi connectivity index (χ0n) is 6.73. The average Bonchev–Trinajstić information content (AvgIpc) is 2.05. The van der Waals surface area contributed by atoms with Crippen LogP contribution in [0, 0.1) is 0 Å². The molecule has 5 heteroatoms. The van der Waals surface area contributed by atoms with Gasteiger partial charge < -0.3 is 10.3 Å². The second-order valence-electron chi connectivity index (χ2n) is 2.30. The van der Waals surface area contributed by atoms with Gasteiger partial charge in [-0.15, -0.1) is 12.4 Å². The van der Waals surface area contributed by atoms with Gasteiger partial charge in [0.05, 0.1) is 5.56 Å². The van der Waals surface area contributed by atoms with Gasteiger partial charge in [0.25, 0.3) is 0 Å². The monoisotopic (exact) mass is 203 g/mol. The van der Waals surface area contributed by atoms with E-state index in [2.05, 4.69) is 0 Å². The Morgan fingerprint density at radius 1 is 1.38 bits per heavy atom. The highest BCUT2D eigenvalue weighted by Crippen LogP contribution is 2.07. The number of carboxylic acid groups (broad SMARTS) is 1. The first-order valence-electron chi connectivity index (χ1n) is 3.44. The van der Waals surface area contributed by atoms with Crippen molar-refractivity contribution in [1.82, 2.24) is 5.48 Å². The van der Waals surface area contributed by atoms with E-state index in [0.717, 1.165) is 0 Å². The molecule has 0 aromatic heterocycles. The summed E-state index contributed by atoms with van der Waals surface area (Å²) in [7, 11) is 0.